The van der Waals surface area contributed by atoms with Gasteiger partial charge in [0.25, 0.3) is 0 Å². The SMILES string of the molecule is CC12CCC3C(CCC4CC(NCCCNCCCCN)CCC43C)C1CCC2CCCCCC(=O)O. The standard InChI is InChI=1S/C32H59N3O2/c1-31-18-16-29-27(28(31)14-12-24(31)9-4-3-5-10-30(36)37)13-11-25-23-26(15-17-32(25,29)2)35-22-8-21-34-20-7-6-19-33/h24-29,34-35H,3-23,33H2,1-2H3,(H,36,37). The molecule has 4 aliphatic carbocycles. The highest BCUT2D eigenvalue weighted by Crippen LogP contribution is 2.67. The summed E-state index contributed by atoms with van der Waals surface area (Å²) in [6.07, 6.45) is 21.4. The third-order valence-electron chi connectivity index (χ3n) is 12.1. The van der Waals surface area contributed by atoms with Gasteiger partial charge in [0.15, 0.2) is 0 Å². The Morgan fingerprint density at radius 1 is 0.838 bits per heavy atom. The normalized spacial score (nSPS) is 39.1. The lowest BCUT2D eigenvalue weighted by Crippen LogP contribution is -2.55. The van der Waals surface area contributed by atoms with Crippen molar-refractivity contribution in [2.24, 2.45) is 46.2 Å². The molecule has 0 saturated heterocycles. The Morgan fingerprint density at radius 3 is 2.43 bits per heavy atom. The van der Waals surface area contributed by atoms with E-state index in [1.807, 2.05) is 0 Å². The van der Waals surface area contributed by atoms with E-state index >= 15 is 0 Å². The maximum Gasteiger partial charge on any atom is 0.303 e. The van der Waals surface area contributed by atoms with Crippen LogP contribution in [0.4, 0.5) is 0 Å². The topological polar surface area (TPSA) is 87.4 Å². The number of fused-ring (bicyclic) bond motifs is 5. The number of hydrogen-bond donors (Lipinski definition) is 4. The molecule has 5 heteroatoms. The van der Waals surface area contributed by atoms with Crippen molar-refractivity contribution >= 4 is 5.97 Å². The van der Waals surface area contributed by atoms with Crippen molar-refractivity contribution in [1.82, 2.24) is 10.6 Å². The summed E-state index contributed by atoms with van der Waals surface area (Å²) in [5.41, 5.74) is 6.70. The van der Waals surface area contributed by atoms with Gasteiger partial charge in [-0.2, -0.15) is 0 Å². The van der Waals surface area contributed by atoms with Crippen LogP contribution >= 0.6 is 0 Å². The molecule has 4 aliphatic rings. The molecule has 37 heavy (non-hydrogen) atoms. The zero-order valence-corrected chi connectivity index (χ0v) is 24.2. The molecule has 5 N–H and O–H groups in total. The molecule has 0 bridgehead atoms. The lowest BCUT2D eigenvalue weighted by Gasteiger charge is -2.61. The smallest absolute Gasteiger partial charge is 0.303 e. The highest BCUT2D eigenvalue weighted by molar-refractivity contribution is 5.66. The number of carbonyl (C=O) groups is 1. The minimum absolute atomic E-state index is 0.345. The molecule has 8 atom stereocenters. The molecule has 0 aromatic carbocycles. The van der Waals surface area contributed by atoms with Crippen LogP contribution < -0.4 is 16.4 Å². The predicted octanol–water partition coefficient (Wildman–Crippen LogP) is 6.36. The van der Waals surface area contributed by atoms with Gasteiger partial charge in [0.05, 0.1) is 0 Å². The molecular formula is C32H59N3O2. The van der Waals surface area contributed by atoms with Crippen LogP contribution in [-0.4, -0.2) is 43.3 Å². The Labute approximate surface area is 227 Å². The molecular weight excluding hydrogens is 458 g/mol. The van der Waals surface area contributed by atoms with Gasteiger partial charge in [-0.1, -0.05) is 26.7 Å². The second-order valence-corrected chi connectivity index (χ2v) is 14.0. The summed E-state index contributed by atoms with van der Waals surface area (Å²) in [7, 11) is 0. The maximum atomic E-state index is 10.8. The van der Waals surface area contributed by atoms with Crippen LogP contribution in [0.25, 0.3) is 0 Å². The molecule has 5 nitrogen and oxygen atoms in total. The fourth-order valence-electron chi connectivity index (χ4n) is 9.91. The van der Waals surface area contributed by atoms with E-state index in [1.165, 1.54) is 83.5 Å². The average Bonchev–Trinajstić information content (AvgIpc) is 3.21. The molecule has 4 rings (SSSR count). The summed E-state index contributed by atoms with van der Waals surface area (Å²) in [6.45, 7) is 9.56. The highest BCUT2D eigenvalue weighted by atomic mass is 16.4. The first-order valence-electron chi connectivity index (χ1n) is 16.2. The van der Waals surface area contributed by atoms with Gasteiger partial charge in [-0.25, -0.2) is 0 Å². The Bertz CT molecular complexity index is 716. The van der Waals surface area contributed by atoms with E-state index in [4.69, 9.17) is 10.8 Å². The third-order valence-corrected chi connectivity index (χ3v) is 12.1. The average molecular weight is 518 g/mol. The van der Waals surface area contributed by atoms with Crippen LogP contribution in [0, 0.1) is 40.4 Å². The fourth-order valence-corrected chi connectivity index (χ4v) is 9.91. The van der Waals surface area contributed by atoms with Crippen molar-refractivity contribution in [2.75, 3.05) is 26.2 Å². The molecule has 0 aliphatic heterocycles. The van der Waals surface area contributed by atoms with Crippen LogP contribution in [0.5, 0.6) is 0 Å². The van der Waals surface area contributed by atoms with Crippen molar-refractivity contribution in [1.29, 1.82) is 0 Å². The van der Waals surface area contributed by atoms with Gasteiger partial charge in [-0.05, 0) is 156 Å². The van der Waals surface area contributed by atoms with Crippen LogP contribution in [0.2, 0.25) is 0 Å². The Hall–Kier alpha value is -0.650. The zero-order valence-electron chi connectivity index (χ0n) is 24.2. The van der Waals surface area contributed by atoms with Crippen molar-refractivity contribution < 1.29 is 9.90 Å². The third kappa shape index (κ3) is 6.92. The summed E-state index contributed by atoms with van der Waals surface area (Å²) in [5.74, 6) is 4.03. The predicted molar refractivity (Wildman–Crippen MR) is 154 cm³/mol. The largest absolute Gasteiger partial charge is 0.481 e. The molecule has 0 heterocycles. The molecule has 4 fully saturated rings. The molecule has 8 unspecified atom stereocenters. The van der Waals surface area contributed by atoms with Gasteiger partial charge >= 0.3 is 5.97 Å². The number of unbranched alkanes of at least 4 members (excludes halogenated alkanes) is 3. The molecule has 214 valence electrons. The number of aliphatic carboxylic acids is 1. The number of carboxylic acids is 1. The van der Waals surface area contributed by atoms with E-state index in [-0.39, 0.29) is 0 Å². The van der Waals surface area contributed by atoms with Gasteiger partial charge in [0, 0.05) is 12.5 Å². The number of nitrogens with one attached hydrogen (secondary N) is 2. The summed E-state index contributed by atoms with van der Waals surface area (Å²) in [4.78, 5) is 10.8. The first-order chi connectivity index (χ1) is 17.9. The number of nitrogens with two attached hydrogens (primary N) is 1. The van der Waals surface area contributed by atoms with Gasteiger partial charge in [-0.15, -0.1) is 0 Å². The summed E-state index contributed by atoms with van der Waals surface area (Å²) in [5, 5.41) is 16.4. The number of carboxylic acid groups (broad SMARTS) is 1. The van der Waals surface area contributed by atoms with Crippen LogP contribution in [0.15, 0.2) is 0 Å². The van der Waals surface area contributed by atoms with Gasteiger partial charge in [0.2, 0.25) is 0 Å². The first kappa shape index (κ1) is 29.3. The summed E-state index contributed by atoms with van der Waals surface area (Å²) >= 11 is 0. The molecule has 0 amide bonds. The summed E-state index contributed by atoms with van der Waals surface area (Å²) in [6, 6.07) is 0.734. The van der Waals surface area contributed by atoms with E-state index in [0.717, 1.165) is 81.1 Å². The lowest BCUT2D eigenvalue weighted by molar-refractivity contribution is -0.137. The van der Waals surface area contributed by atoms with Gasteiger partial charge < -0.3 is 21.5 Å². The Morgan fingerprint density at radius 2 is 1.62 bits per heavy atom. The number of hydrogen-bond acceptors (Lipinski definition) is 4. The van der Waals surface area contributed by atoms with E-state index in [1.54, 1.807) is 0 Å². The second kappa shape index (κ2) is 13.6. The summed E-state index contributed by atoms with van der Waals surface area (Å²) < 4.78 is 0. The lowest BCUT2D eigenvalue weighted by atomic mass is 9.44. The van der Waals surface area contributed by atoms with E-state index < -0.39 is 5.97 Å². The van der Waals surface area contributed by atoms with Gasteiger partial charge in [0.1, 0.15) is 0 Å². The van der Waals surface area contributed by atoms with Crippen molar-refractivity contribution in [3.8, 4) is 0 Å². The minimum Gasteiger partial charge on any atom is -0.481 e. The second-order valence-electron chi connectivity index (χ2n) is 14.0. The molecule has 0 aromatic heterocycles. The first-order valence-corrected chi connectivity index (χ1v) is 16.2. The zero-order chi connectivity index (χ0) is 26.3. The quantitative estimate of drug-likeness (QED) is 0.190. The van der Waals surface area contributed by atoms with Crippen molar-refractivity contribution in [2.45, 2.75) is 129 Å². The van der Waals surface area contributed by atoms with E-state index in [2.05, 4.69) is 24.5 Å². The van der Waals surface area contributed by atoms with Crippen LogP contribution in [0.1, 0.15) is 123 Å². The molecule has 4 saturated carbocycles. The fraction of sp³-hybridized carbons (Fsp3) is 0.969. The van der Waals surface area contributed by atoms with Crippen LogP contribution in [0.3, 0.4) is 0 Å². The van der Waals surface area contributed by atoms with E-state index in [0.29, 0.717) is 17.3 Å². The minimum atomic E-state index is -0.637. The van der Waals surface area contributed by atoms with Gasteiger partial charge in [-0.3, -0.25) is 4.79 Å². The Balaban J connectivity index is 1.22. The Kier molecular flexibility index (Phi) is 10.8. The molecule has 0 radical (unpaired) electrons. The maximum absolute atomic E-state index is 10.8. The highest BCUT2D eigenvalue weighted by Gasteiger charge is 2.59. The molecule has 0 aromatic rings. The molecule has 0 spiro atoms. The van der Waals surface area contributed by atoms with Crippen molar-refractivity contribution in [3.05, 3.63) is 0 Å². The van der Waals surface area contributed by atoms with Crippen LogP contribution in [-0.2, 0) is 4.79 Å². The number of rotatable bonds is 15. The van der Waals surface area contributed by atoms with Crippen molar-refractivity contribution in [3.63, 3.8) is 0 Å². The van der Waals surface area contributed by atoms with E-state index in [9.17, 15) is 4.79 Å². The monoisotopic (exact) mass is 517 g/mol.